The molecule has 0 saturated carbocycles. The first-order chi connectivity index (χ1) is 14.4. The number of anilines is 1. The molecule has 0 aliphatic heterocycles. The monoisotopic (exact) mass is 423 g/mol. The summed E-state index contributed by atoms with van der Waals surface area (Å²) in [6.07, 6.45) is 1.63. The smallest absolute Gasteiger partial charge is 0.243 e. The topological polar surface area (TPSA) is 88.9 Å². The van der Waals surface area contributed by atoms with Crippen molar-refractivity contribution in [3.8, 4) is 5.69 Å². The van der Waals surface area contributed by atoms with Gasteiger partial charge in [-0.15, -0.1) is 10.2 Å². The third-order valence-electron chi connectivity index (χ3n) is 4.71. The van der Waals surface area contributed by atoms with Gasteiger partial charge < -0.3 is 10.6 Å². The fraction of sp³-hybridized carbons (Fsp3) is 0.273. The summed E-state index contributed by atoms with van der Waals surface area (Å²) in [6.45, 7) is 7.56. The zero-order valence-corrected chi connectivity index (χ0v) is 18.3. The van der Waals surface area contributed by atoms with Crippen LogP contribution >= 0.6 is 11.8 Å². The van der Waals surface area contributed by atoms with Crippen molar-refractivity contribution in [1.29, 1.82) is 0 Å². The van der Waals surface area contributed by atoms with E-state index in [2.05, 4.69) is 20.8 Å². The first kappa shape index (κ1) is 21.6. The van der Waals surface area contributed by atoms with Crippen molar-refractivity contribution >= 4 is 29.3 Å². The summed E-state index contributed by atoms with van der Waals surface area (Å²) < 4.78 is 1.86. The summed E-state index contributed by atoms with van der Waals surface area (Å²) in [5.41, 5.74) is 4.79. The Morgan fingerprint density at radius 1 is 1.03 bits per heavy atom. The van der Waals surface area contributed by atoms with Crippen LogP contribution in [-0.4, -0.2) is 38.4 Å². The van der Waals surface area contributed by atoms with Gasteiger partial charge in [0.1, 0.15) is 6.33 Å². The van der Waals surface area contributed by atoms with Crippen molar-refractivity contribution in [3.05, 3.63) is 65.5 Å². The predicted molar refractivity (Wildman–Crippen MR) is 119 cm³/mol. The number of thioether (sulfide) groups is 1. The number of hydrogen-bond donors (Lipinski definition) is 2. The van der Waals surface area contributed by atoms with Crippen LogP contribution in [0.5, 0.6) is 0 Å². The molecule has 30 heavy (non-hydrogen) atoms. The van der Waals surface area contributed by atoms with E-state index in [0.29, 0.717) is 5.16 Å². The normalized spacial score (nSPS) is 11.7. The van der Waals surface area contributed by atoms with Crippen LogP contribution < -0.4 is 10.6 Å². The molecule has 0 spiro atoms. The zero-order valence-electron chi connectivity index (χ0n) is 17.5. The van der Waals surface area contributed by atoms with Crippen molar-refractivity contribution in [2.75, 3.05) is 11.9 Å². The number of carbonyl (C=O) groups is 2. The molecule has 2 aromatic carbocycles. The second kappa shape index (κ2) is 9.58. The Balaban J connectivity index is 1.58. The maximum absolute atomic E-state index is 12.5. The van der Waals surface area contributed by atoms with Crippen LogP contribution in [0.15, 0.2) is 53.9 Å². The first-order valence-electron chi connectivity index (χ1n) is 9.63. The van der Waals surface area contributed by atoms with Crippen molar-refractivity contribution in [1.82, 2.24) is 20.1 Å². The van der Waals surface area contributed by atoms with Crippen LogP contribution in [0.25, 0.3) is 5.69 Å². The molecular weight excluding hydrogens is 398 g/mol. The maximum Gasteiger partial charge on any atom is 0.243 e. The summed E-state index contributed by atoms with van der Waals surface area (Å²) in [7, 11) is 0. The summed E-state index contributed by atoms with van der Waals surface area (Å²) in [4.78, 5) is 24.8. The molecule has 8 heteroatoms. The highest BCUT2D eigenvalue weighted by molar-refractivity contribution is 8.00. The van der Waals surface area contributed by atoms with Gasteiger partial charge in [0.15, 0.2) is 5.16 Å². The van der Waals surface area contributed by atoms with Crippen LogP contribution in [0, 0.1) is 20.8 Å². The average Bonchev–Trinajstić information content (AvgIpc) is 3.17. The second-order valence-corrected chi connectivity index (χ2v) is 8.37. The minimum atomic E-state index is -0.440. The van der Waals surface area contributed by atoms with E-state index >= 15 is 0 Å². The van der Waals surface area contributed by atoms with Crippen molar-refractivity contribution < 1.29 is 9.59 Å². The van der Waals surface area contributed by atoms with E-state index in [1.807, 2.05) is 67.8 Å². The molecule has 0 aliphatic carbocycles. The van der Waals surface area contributed by atoms with E-state index < -0.39 is 5.25 Å². The number of aromatic nitrogens is 3. The van der Waals surface area contributed by atoms with Gasteiger partial charge in [-0.1, -0.05) is 48.2 Å². The molecule has 3 aromatic rings. The third kappa shape index (κ3) is 5.07. The SMILES string of the molecule is Cc1ccccc1-n1cnnc1SC(C)C(=O)NCC(=O)Nc1c(C)cccc1C. The van der Waals surface area contributed by atoms with Gasteiger partial charge in [0.05, 0.1) is 17.5 Å². The van der Waals surface area contributed by atoms with Gasteiger partial charge in [-0.25, -0.2) is 0 Å². The molecule has 0 fully saturated rings. The molecular formula is C22H25N5O2S. The zero-order chi connectivity index (χ0) is 21.7. The molecule has 1 aromatic heterocycles. The molecule has 156 valence electrons. The lowest BCUT2D eigenvalue weighted by molar-refractivity contribution is -0.123. The number of benzene rings is 2. The van der Waals surface area contributed by atoms with Gasteiger partial charge in [-0.05, 0) is 50.5 Å². The molecule has 7 nitrogen and oxygen atoms in total. The number of nitrogens with zero attached hydrogens (tertiary/aromatic N) is 3. The standard InChI is InChI=1S/C22H25N5O2S/c1-14-8-5-6-11-18(14)27-13-24-26-22(27)30-17(4)21(29)23-12-19(28)25-20-15(2)9-7-10-16(20)3/h5-11,13,17H,12H2,1-4H3,(H,23,29)(H,25,28). The van der Waals surface area contributed by atoms with Gasteiger partial charge in [-0.3, -0.25) is 14.2 Å². The van der Waals surface area contributed by atoms with E-state index in [-0.39, 0.29) is 18.4 Å². The number of aryl methyl sites for hydroxylation is 3. The Kier molecular flexibility index (Phi) is 6.89. The number of rotatable bonds is 7. The van der Waals surface area contributed by atoms with E-state index in [1.54, 1.807) is 13.3 Å². The molecule has 2 amide bonds. The number of hydrogen-bond acceptors (Lipinski definition) is 5. The summed E-state index contributed by atoms with van der Waals surface area (Å²) in [5, 5.41) is 13.9. The van der Waals surface area contributed by atoms with Gasteiger partial charge in [-0.2, -0.15) is 0 Å². The highest BCUT2D eigenvalue weighted by Gasteiger charge is 2.19. The molecule has 0 radical (unpaired) electrons. The molecule has 0 saturated heterocycles. The minimum Gasteiger partial charge on any atom is -0.346 e. The summed E-state index contributed by atoms with van der Waals surface area (Å²) in [5.74, 6) is -0.503. The highest BCUT2D eigenvalue weighted by Crippen LogP contribution is 2.25. The van der Waals surface area contributed by atoms with Crippen LogP contribution in [0.3, 0.4) is 0 Å². The predicted octanol–water partition coefficient (Wildman–Crippen LogP) is 3.43. The Hall–Kier alpha value is -3.13. The van der Waals surface area contributed by atoms with Crippen LogP contribution in [0.4, 0.5) is 5.69 Å². The molecule has 3 rings (SSSR count). The third-order valence-corrected chi connectivity index (χ3v) is 5.77. The van der Waals surface area contributed by atoms with E-state index in [0.717, 1.165) is 28.1 Å². The fourth-order valence-corrected chi connectivity index (χ4v) is 3.88. The van der Waals surface area contributed by atoms with Crippen molar-refractivity contribution in [2.45, 2.75) is 38.1 Å². The maximum atomic E-state index is 12.5. The van der Waals surface area contributed by atoms with Gasteiger partial charge in [0, 0.05) is 5.69 Å². The minimum absolute atomic E-state index is 0.0952. The van der Waals surface area contributed by atoms with Crippen molar-refractivity contribution in [3.63, 3.8) is 0 Å². The number of amides is 2. The quantitative estimate of drug-likeness (QED) is 0.569. The molecule has 2 N–H and O–H groups in total. The average molecular weight is 424 g/mol. The summed E-state index contributed by atoms with van der Waals surface area (Å²) in [6, 6.07) is 13.7. The van der Waals surface area contributed by atoms with Gasteiger partial charge >= 0.3 is 0 Å². The van der Waals surface area contributed by atoms with E-state index in [1.165, 1.54) is 11.8 Å². The Morgan fingerprint density at radius 3 is 2.40 bits per heavy atom. The Morgan fingerprint density at radius 2 is 1.70 bits per heavy atom. The second-order valence-electron chi connectivity index (χ2n) is 7.06. The van der Waals surface area contributed by atoms with Gasteiger partial charge in [0.2, 0.25) is 11.8 Å². The number of carbonyl (C=O) groups excluding carboxylic acids is 2. The lowest BCUT2D eigenvalue weighted by Crippen LogP contribution is -2.37. The lowest BCUT2D eigenvalue weighted by atomic mass is 10.1. The molecule has 1 atom stereocenters. The molecule has 0 bridgehead atoms. The number of para-hydroxylation sites is 2. The van der Waals surface area contributed by atoms with Crippen LogP contribution in [0.2, 0.25) is 0 Å². The first-order valence-corrected chi connectivity index (χ1v) is 10.5. The van der Waals surface area contributed by atoms with Crippen LogP contribution in [0.1, 0.15) is 23.6 Å². The highest BCUT2D eigenvalue weighted by atomic mass is 32.2. The van der Waals surface area contributed by atoms with E-state index in [9.17, 15) is 9.59 Å². The van der Waals surface area contributed by atoms with Crippen molar-refractivity contribution in [2.24, 2.45) is 0 Å². The van der Waals surface area contributed by atoms with E-state index in [4.69, 9.17) is 0 Å². The lowest BCUT2D eigenvalue weighted by Gasteiger charge is -2.14. The summed E-state index contributed by atoms with van der Waals surface area (Å²) >= 11 is 1.29. The Bertz CT molecular complexity index is 1040. The van der Waals surface area contributed by atoms with Gasteiger partial charge in [0.25, 0.3) is 0 Å². The molecule has 1 heterocycles. The molecule has 0 aliphatic rings. The largest absolute Gasteiger partial charge is 0.346 e. The Labute approximate surface area is 180 Å². The molecule has 1 unspecified atom stereocenters. The fourth-order valence-electron chi connectivity index (χ4n) is 3.02. The number of nitrogens with one attached hydrogen (secondary N) is 2. The van der Waals surface area contributed by atoms with Crippen LogP contribution in [-0.2, 0) is 9.59 Å².